The molecule has 0 atom stereocenters. The Morgan fingerprint density at radius 3 is 2.42 bits per heavy atom. The van der Waals surface area contributed by atoms with Crippen LogP contribution in [-0.2, 0) is 4.74 Å². The zero-order valence-corrected chi connectivity index (χ0v) is 13.3. The maximum absolute atomic E-state index is 13.9. The summed E-state index contributed by atoms with van der Waals surface area (Å²) in [4.78, 5) is 15.3. The van der Waals surface area contributed by atoms with Gasteiger partial charge in [0, 0.05) is 0 Å². The fourth-order valence-corrected chi connectivity index (χ4v) is 1.93. The van der Waals surface area contributed by atoms with Gasteiger partial charge in [0.15, 0.2) is 0 Å². The maximum Gasteiger partial charge on any atom is 0.374 e. The van der Waals surface area contributed by atoms with E-state index in [0.717, 1.165) is 12.1 Å². The van der Waals surface area contributed by atoms with Crippen LogP contribution in [0.25, 0.3) is 17.0 Å². The number of carboxylic acid groups (broad SMARTS) is 1. The summed E-state index contributed by atoms with van der Waals surface area (Å²) in [6.07, 6.45) is 3.18. The van der Waals surface area contributed by atoms with E-state index in [9.17, 15) is 18.7 Å². The van der Waals surface area contributed by atoms with Crippen LogP contribution in [0.5, 0.6) is 0 Å². The third kappa shape index (κ3) is 3.51. The second-order valence-electron chi connectivity index (χ2n) is 4.93. The molecule has 0 saturated heterocycles. The fraction of sp³-hybridized carbons (Fsp3) is 0.176. The van der Waals surface area contributed by atoms with E-state index in [2.05, 4.69) is 4.98 Å². The summed E-state index contributed by atoms with van der Waals surface area (Å²) in [5.74, 6) is -3.51. The number of benzene rings is 1. The van der Waals surface area contributed by atoms with Gasteiger partial charge in [-0.3, -0.25) is 0 Å². The van der Waals surface area contributed by atoms with E-state index in [1.165, 1.54) is 13.2 Å². The molecule has 0 saturated carbocycles. The molecule has 1 heterocycles. The molecule has 0 spiro atoms. The fourth-order valence-electron chi connectivity index (χ4n) is 1.93. The Morgan fingerprint density at radius 1 is 1.25 bits per heavy atom. The molecule has 0 aliphatic carbocycles. The molecule has 2 aromatic rings. The Kier molecular flexibility index (Phi) is 5.13. The largest absolute Gasteiger partial charge is 0.501 e. The summed E-state index contributed by atoms with van der Waals surface area (Å²) in [6.45, 7) is 3.32. The van der Waals surface area contributed by atoms with Crippen LogP contribution in [0.4, 0.5) is 8.78 Å². The number of carbonyl (C=O) groups is 1. The van der Waals surface area contributed by atoms with Crippen molar-refractivity contribution in [3.8, 4) is 11.5 Å². The lowest BCUT2D eigenvalue weighted by molar-refractivity contribution is 0.0663. The summed E-state index contributed by atoms with van der Waals surface area (Å²) in [7, 11) is 1.49. The Morgan fingerprint density at radius 2 is 1.88 bits per heavy atom. The van der Waals surface area contributed by atoms with Crippen molar-refractivity contribution >= 4 is 11.5 Å². The standard InChI is InChI=1S/C17H15F2NO4/c1-9(7-8-10(2)23-3)14-15(17(21)22)24-16(20-14)13-11(18)5-4-6-12(13)19/h4-8H,1-3H3,(H,21,22)/b9-7+,10-8+. The number of aromatic carboxylic acids is 1. The van der Waals surface area contributed by atoms with Gasteiger partial charge in [-0.1, -0.05) is 12.1 Å². The third-order valence-electron chi connectivity index (χ3n) is 3.26. The van der Waals surface area contributed by atoms with Crippen molar-refractivity contribution in [2.75, 3.05) is 7.11 Å². The van der Waals surface area contributed by atoms with E-state index in [-0.39, 0.29) is 5.69 Å². The number of oxazole rings is 1. The molecule has 1 aromatic carbocycles. The van der Waals surface area contributed by atoms with Gasteiger partial charge in [0.25, 0.3) is 0 Å². The first-order valence-electron chi connectivity index (χ1n) is 6.93. The molecule has 0 aliphatic heterocycles. The molecule has 126 valence electrons. The minimum absolute atomic E-state index is 0.0136. The Bertz CT molecular complexity index is 817. The zero-order valence-electron chi connectivity index (χ0n) is 13.3. The molecule has 24 heavy (non-hydrogen) atoms. The zero-order chi connectivity index (χ0) is 17.9. The highest BCUT2D eigenvalue weighted by Crippen LogP contribution is 2.30. The minimum Gasteiger partial charge on any atom is -0.501 e. The van der Waals surface area contributed by atoms with Crippen molar-refractivity contribution in [2.24, 2.45) is 0 Å². The van der Waals surface area contributed by atoms with Crippen LogP contribution in [-0.4, -0.2) is 23.2 Å². The lowest BCUT2D eigenvalue weighted by Gasteiger charge is -1.99. The van der Waals surface area contributed by atoms with E-state index < -0.39 is 34.8 Å². The van der Waals surface area contributed by atoms with Crippen LogP contribution < -0.4 is 0 Å². The SMILES string of the molecule is CO/C(C)=C/C=C(\C)c1nc(-c2c(F)cccc2F)oc1C(=O)O. The van der Waals surface area contributed by atoms with Gasteiger partial charge < -0.3 is 14.3 Å². The molecule has 1 aromatic heterocycles. The number of carboxylic acids is 1. The molecule has 0 amide bonds. The number of nitrogens with zero attached hydrogens (tertiary/aromatic N) is 1. The van der Waals surface area contributed by atoms with Crippen LogP contribution in [0, 0.1) is 11.6 Å². The quantitative estimate of drug-likeness (QED) is 0.652. The second-order valence-corrected chi connectivity index (χ2v) is 4.93. The molecular formula is C17H15F2NO4. The van der Waals surface area contributed by atoms with E-state index in [0.29, 0.717) is 11.3 Å². The second kappa shape index (κ2) is 7.08. The Balaban J connectivity index is 2.58. The molecule has 5 nitrogen and oxygen atoms in total. The average Bonchev–Trinajstić information content (AvgIpc) is 2.97. The van der Waals surface area contributed by atoms with Gasteiger partial charge in [-0.05, 0) is 37.6 Å². The third-order valence-corrected chi connectivity index (χ3v) is 3.26. The molecule has 0 unspecified atom stereocenters. The molecule has 0 fully saturated rings. The Hall–Kier alpha value is -2.96. The van der Waals surface area contributed by atoms with Gasteiger partial charge in [-0.15, -0.1) is 0 Å². The lowest BCUT2D eigenvalue weighted by Crippen LogP contribution is -1.98. The monoisotopic (exact) mass is 335 g/mol. The lowest BCUT2D eigenvalue weighted by atomic mass is 10.1. The molecule has 2 rings (SSSR count). The number of hydrogen-bond acceptors (Lipinski definition) is 4. The molecule has 0 aliphatic rings. The molecule has 1 N–H and O–H groups in total. The van der Waals surface area contributed by atoms with Crippen LogP contribution in [0.2, 0.25) is 0 Å². The molecule has 0 radical (unpaired) electrons. The van der Waals surface area contributed by atoms with E-state index in [4.69, 9.17) is 9.15 Å². The number of aromatic nitrogens is 1. The predicted molar refractivity (Wildman–Crippen MR) is 83.2 cm³/mol. The van der Waals surface area contributed by atoms with Crippen molar-refractivity contribution in [1.82, 2.24) is 4.98 Å². The van der Waals surface area contributed by atoms with Crippen LogP contribution in [0.3, 0.4) is 0 Å². The number of hydrogen-bond donors (Lipinski definition) is 1. The first-order valence-corrected chi connectivity index (χ1v) is 6.93. The van der Waals surface area contributed by atoms with Crippen LogP contribution in [0.1, 0.15) is 30.1 Å². The smallest absolute Gasteiger partial charge is 0.374 e. The number of allylic oxidation sites excluding steroid dienone is 4. The van der Waals surface area contributed by atoms with Crippen molar-refractivity contribution in [3.05, 3.63) is 59.2 Å². The van der Waals surface area contributed by atoms with E-state index in [1.807, 2.05) is 0 Å². The summed E-state index contributed by atoms with van der Waals surface area (Å²) >= 11 is 0. The highest BCUT2D eigenvalue weighted by atomic mass is 19.1. The topological polar surface area (TPSA) is 72.6 Å². The number of rotatable bonds is 5. The van der Waals surface area contributed by atoms with Crippen LogP contribution in [0.15, 0.2) is 40.5 Å². The summed E-state index contributed by atoms with van der Waals surface area (Å²) < 4.78 is 37.8. The van der Waals surface area contributed by atoms with E-state index >= 15 is 0 Å². The first kappa shape index (κ1) is 17.4. The van der Waals surface area contributed by atoms with Crippen molar-refractivity contribution in [3.63, 3.8) is 0 Å². The maximum atomic E-state index is 13.9. The van der Waals surface area contributed by atoms with E-state index in [1.54, 1.807) is 26.0 Å². The van der Waals surface area contributed by atoms with Crippen molar-refractivity contribution in [1.29, 1.82) is 0 Å². The summed E-state index contributed by atoms with van der Waals surface area (Å²) in [5, 5.41) is 9.25. The highest BCUT2D eigenvalue weighted by Gasteiger charge is 2.24. The highest BCUT2D eigenvalue weighted by molar-refractivity contribution is 5.90. The van der Waals surface area contributed by atoms with Crippen molar-refractivity contribution in [2.45, 2.75) is 13.8 Å². The summed E-state index contributed by atoms with van der Waals surface area (Å²) in [6, 6.07) is 3.27. The van der Waals surface area contributed by atoms with Gasteiger partial charge in [0.1, 0.15) is 22.9 Å². The van der Waals surface area contributed by atoms with Crippen LogP contribution >= 0.6 is 0 Å². The minimum atomic E-state index is -1.39. The average molecular weight is 335 g/mol. The van der Waals surface area contributed by atoms with Gasteiger partial charge in [0.2, 0.25) is 11.7 Å². The normalized spacial score (nSPS) is 12.4. The number of ether oxygens (including phenoxy) is 1. The first-order chi connectivity index (χ1) is 11.3. The number of methoxy groups -OCH3 is 1. The molecule has 0 bridgehead atoms. The van der Waals surface area contributed by atoms with Gasteiger partial charge >= 0.3 is 5.97 Å². The predicted octanol–water partition coefficient (Wildman–Crippen LogP) is 4.27. The molecule has 7 heteroatoms. The summed E-state index contributed by atoms with van der Waals surface area (Å²) in [5.41, 5.74) is -0.0847. The molecular weight excluding hydrogens is 320 g/mol. The Labute approximate surface area is 136 Å². The van der Waals surface area contributed by atoms with Gasteiger partial charge in [0.05, 0.1) is 12.9 Å². The van der Waals surface area contributed by atoms with Crippen molar-refractivity contribution < 1.29 is 27.8 Å². The van der Waals surface area contributed by atoms with Gasteiger partial charge in [-0.2, -0.15) is 0 Å². The van der Waals surface area contributed by atoms with Gasteiger partial charge in [-0.25, -0.2) is 18.6 Å². The number of halogens is 2.